The Morgan fingerprint density at radius 2 is 1.81 bits per heavy atom. The lowest BCUT2D eigenvalue weighted by atomic mass is 10.0. The van der Waals surface area contributed by atoms with Gasteiger partial charge in [-0.3, -0.25) is 9.59 Å². The van der Waals surface area contributed by atoms with E-state index in [-0.39, 0.29) is 24.3 Å². The van der Waals surface area contributed by atoms with E-state index in [0.29, 0.717) is 25.8 Å². The number of rotatable bonds is 10. The lowest BCUT2D eigenvalue weighted by Crippen LogP contribution is -2.47. The molecule has 0 aliphatic rings. The predicted octanol–water partition coefficient (Wildman–Crippen LogP) is 1.97. The average Bonchev–Trinajstić information content (AvgIpc) is 2.63. The molecule has 1 atom stereocenters. The SMILES string of the molecule is CNC(=O)CCCNC(=O)C(CC(C)C)NC(=O)OCc1ccccc1. The quantitative estimate of drug-likeness (QED) is 0.554. The molecular weight excluding hydrogens is 334 g/mol. The molecule has 1 aromatic carbocycles. The number of nitrogens with one attached hydrogen (secondary N) is 3. The van der Waals surface area contributed by atoms with Crippen molar-refractivity contribution in [1.29, 1.82) is 0 Å². The molecule has 144 valence electrons. The second-order valence-corrected chi connectivity index (χ2v) is 6.46. The average molecular weight is 363 g/mol. The summed E-state index contributed by atoms with van der Waals surface area (Å²) in [4.78, 5) is 35.5. The van der Waals surface area contributed by atoms with Gasteiger partial charge in [-0.05, 0) is 24.3 Å². The summed E-state index contributed by atoms with van der Waals surface area (Å²) in [5.74, 6) is -0.112. The molecule has 0 saturated heterocycles. The first-order valence-electron chi connectivity index (χ1n) is 8.88. The molecule has 0 spiro atoms. The first kappa shape index (κ1) is 21.5. The maximum Gasteiger partial charge on any atom is 0.408 e. The third-order valence-corrected chi connectivity index (χ3v) is 3.69. The largest absolute Gasteiger partial charge is 0.445 e. The summed E-state index contributed by atoms with van der Waals surface area (Å²) in [6.07, 6.45) is 0.762. The predicted molar refractivity (Wildman–Crippen MR) is 99.3 cm³/mol. The van der Waals surface area contributed by atoms with E-state index in [1.54, 1.807) is 7.05 Å². The molecule has 26 heavy (non-hydrogen) atoms. The van der Waals surface area contributed by atoms with Gasteiger partial charge >= 0.3 is 6.09 Å². The molecule has 1 unspecified atom stereocenters. The number of hydrogen-bond acceptors (Lipinski definition) is 4. The number of ether oxygens (including phenoxy) is 1. The number of carbonyl (C=O) groups is 3. The van der Waals surface area contributed by atoms with Crippen molar-refractivity contribution in [2.75, 3.05) is 13.6 Å². The molecule has 0 aliphatic carbocycles. The minimum absolute atomic E-state index is 0.0689. The second-order valence-electron chi connectivity index (χ2n) is 6.46. The number of amides is 3. The Labute approximate surface area is 154 Å². The third-order valence-electron chi connectivity index (χ3n) is 3.69. The summed E-state index contributed by atoms with van der Waals surface area (Å²) in [7, 11) is 1.57. The minimum Gasteiger partial charge on any atom is -0.445 e. The Morgan fingerprint density at radius 1 is 1.12 bits per heavy atom. The van der Waals surface area contributed by atoms with Crippen LogP contribution in [0.2, 0.25) is 0 Å². The van der Waals surface area contributed by atoms with Crippen molar-refractivity contribution in [2.24, 2.45) is 5.92 Å². The van der Waals surface area contributed by atoms with Gasteiger partial charge in [0.1, 0.15) is 12.6 Å². The van der Waals surface area contributed by atoms with Crippen LogP contribution in [0.25, 0.3) is 0 Å². The molecule has 0 fully saturated rings. The van der Waals surface area contributed by atoms with Crippen LogP contribution in [-0.2, 0) is 20.9 Å². The molecule has 3 N–H and O–H groups in total. The second kappa shape index (κ2) is 11.9. The van der Waals surface area contributed by atoms with Gasteiger partial charge in [-0.2, -0.15) is 0 Å². The minimum atomic E-state index is -0.668. The van der Waals surface area contributed by atoms with Crippen molar-refractivity contribution in [1.82, 2.24) is 16.0 Å². The van der Waals surface area contributed by atoms with E-state index in [1.807, 2.05) is 44.2 Å². The molecule has 0 aliphatic heterocycles. The number of benzene rings is 1. The number of alkyl carbamates (subject to hydrolysis) is 1. The van der Waals surface area contributed by atoms with Crippen LogP contribution in [-0.4, -0.2) is 37.5 Å². The van der Waals surface area contributed by atoms with E-state index < -0.39 is 12.1 Å². The van der Waals surface area contributed by atoms with Crippen molar-refractivity contribution in [2.45, 2.75) is 45.8 Å². The molecule has 0 radical (unpaired) electrons. The zero-order chi connectivity index (χ0) is 19.4. The maximum absolute atomic E-state index is 12.3. The zero-order valence-corrected chi connectivity index (χ0v) is 15.7. The van der Waals surface area contributed by atoms with E-state index in [9.17, 15) is 14.4 Å². The fourth-order valence-electron chi connectivity index (χ4n) is 2.32. The Kier molecular flexibility index (Phi) is 9.82. The summed E-state index contributed by atoms with van der Waals surface area (Å²) in [5, 5.41) is 7.91. The fraction of sp³-hybridized carbons (Fsp3) is 0.526. The van der Waals surface area contributed by atoms with E-state index in [4.69, 9.17) is 4.74 Å². The number of hydrogen-bond donors (Lipinski definition) is 3. The van der Waals surface area contributed by atoms with Crippen LogP contribution in [0, 0.1) is 5.92 Å². The van der Waals surface area contributed by atoms with Gasteiger partial charge in [-0.15, -0.1) is 0 Å². The van der Waals surface area contributed by atoms with Gasteiger partial charge in [0.05, 0.1) is 0 Å². The summed E-state index contributed by atoms with van der Waals surface area (Å²) < 4.78 is 5.18. The van der Waals surface area contributed by atoms with Gasteiger partial charge in [0.2, 0.25) is 11.8 Å². The van der Waals surface area contributed by atoms with Gasteiger partial charge in [0, 0.05) is 20.0 Å². The molecule has 1 rings (SSSR count). The smallest absolute Gasteiger partial charge is 0.408 e. The molecule has 0 aromatic heterocycles. The van der Waals surface area contributed by atoms with Gasteiger partial charge in [-0.1, -0.05) is 44.2 Å². The van der Waals surface area contributed by atoms with Gasteiger partial charge < -0.3 is 20.7 Å². The van der Waals surface area contributed by atoms with Gasteiger partial charge in [-0.25, -0.2) is 4.79 Å². The van der Waals surface area contributed by atoms with Crippen LogP contribution in [0.5, 0.6) is 0 Å². The molecule has 7 nitrogen and oxygen atoms in total. The summed E-state index contributed by atoms with van der Waals surface area (Å²) >= 11 is 0. The molecular formula is C19H29N3O4. The van der Waals surface area contributed by atoms with Crippen molar-refractivity contribution in [3.05, 3.63) is 35.9 Å². The normalized spacial score (nSPS) is 11.5. The number of carbonyl (C=O) groups excluding carboxylic acids is 3. The van der Waals surface area contributed by atoms with Crippen LogP contribution in [0.1, 0.15) is 38.7 Å². The standard InChI is InChI=1S/C19H29N3O4/c1-14(2)12-16(18(24)21-11-7-10-17(23)20-3)22-19(25)26-13-15-8-5-4-6-9-15/h4-6,8-9,14,16H,7,10-13H2,1-3H3,(H,20,23)(H,21,24)(H,22,25). The topological polar surface area (TPSA) is 96.5 Å². The Hall–Kier alpha value is -2.57. The molecule has 3 amide bonds. The lowest BCUT2D eigenvalue weighted by molar-refractivity contribution is -0.124. The van der Waals surface area contributed by atoms with Crippen molar-refractivity contribution in [3.63, 3.8) is 0 Å². The summed E-state index contributed by atoms with van der Waals surface area (Å²) in [6, 6.07) is 8.67. The maximum atomic E-state index is 12.3. The van der Waals surface area contributed by atoms with Crippen molar-refractivity contribution in [3.8, 4) is 0 Å². The van der Waals surface area contributed by atoms with E-state index in [0.717, 1.165) is 5.56 Å². The van der Waals surface area contributed by atoms with E-state index in [1.165, 1.54) is 0 Å². The molecule has 0 heterocycles. The first-order valence-corrected chi connectivity index (χ1v) is 8.88. The summed E-state index contributed by atoms with van der Waals surface area (Å²) in [6.45, 7) is 4.47. The van der Waals surface area contributed by atoms with E-state index in [2.05, 4.69) is 16.0 Å². The lowest BCUT2D eigenvalue weighted by Gasteiger charge is -2.20. The highest BCUT2D eigenvalue weighted by atomic mass is 16.5. The fourth-order valence-corrected chi connectivity index (χ4v) is 2.32. The first-order chi connectivity index (χ1) is 12.4. The Morgan fingerprint density at radius 3 is 2.42 bits per heavy atom. The summed E-state index contributed by atoms with van der Waals surface area (Å²) in [5.41, 5.74) is 0.877. The monoisotopic (exact) mass is 363 g/mol. The molecule has 1 aromatic rings. The van der Waals surface area contributed by atoms with Crippen molar-refractivity contribution >= 4 is 17.9 Å². The van der Waals surface area contributed by atoms with Crippen LogP contribution in [0.15, 0.2) is 30.3 Å². The van der Waals surface area contributed by atoms with E-state index >= 15 is 0 Å². The molecule has 7 heteroatoms. The van der Waals surface area contributed by atoms with Crippen LogP contribution >= 0.6 is 0 Å². The molecule has 0 bridgehead atoms. The Balaban J connectivity index is 2.44. The zero-order valence-electron chi connectivity index (χ0n) is 15.7. The van der Waals surface area contributed by atoms with Crippen LogP contribution < -0.4 is 16.0 Å². The van der Waals surface area contributed by atoms with Crippen LogP contribution in [0.3, 0.4) is 0 Å². The highest BCUT2D eigenvalue weighted by Gasteiger charge is 2.22. The Bertz CT molecular complexity index is 575. The van der Waals surface area contributed by atoms with Gasteiger partial charge in [0.15, 0.2) is 0 Å². The van der Waals surface area contributed by atoms with Crippen molar-refractivity contribution < 1.29 is 19.1 Å². The molecule has 0 saturated carbocycles. The highest BCUT2D eigenvalue weighted by molar-refractivity contribution is 5.85. The van der Waals surface area contributed by atoms with Gasteiger partial charge in [0.25, 0.3) is 0 Å². The highest BCUT2D eigenvalue weighted by Crippen LogP contribution is 2.06. The van der Waals surface area contributed by atoms with Crippen LogP contribution in [0.4, 0.5) is 4.79 Å². The third kappa shape index (κ3) is 9.05.